The third-order valence-electron chi connectivity index (χ3n) is 7.25. The molecular formula is C20H26N10O16P2. The van der Waals surface area contributed by atoms with Crippen molar-refractivity contribution in [2.24, 2.45) is 0 Å². The molecule has 0 spiro atoms. The molecule has 2 fully saturated rings. The molecule has 0 saturated carbocycles. The van der Waals surface area contributed by atoms with E-state index >= 15 is 0 Å². The highest BCUT2D eigenvalue weighted by molar-refractivity contribution is 7.47. The van der Waals surface area contributed by atoms with Crippen LogP contribution >= 0.6 is 15.6 Å². The standard InChI is InChI=1S/C20H26N10O16P2/c21-19-25-13-7(15(35)27-19)23-3-28(13)17-12(34)10(32)6(45-17)2-43-48(40,41)46-30-16(36)8-14(26-20(30)22)29(4-24-8)18-11(33)9(31)5(44-18)1-42-47(37,38)39/h3-6,9-12,17-18,31-34H,1-2H2,(H2,22,26)(H,40,41)(H2,37,38,39)(H3,21,25,27,35)/t5-,6-,9?,10?,11?,12?,17-,18-/m1/s1. The van der Waals surface area contributed by atoms with Crippen molar-refractivity contribution in [3.63, 3.8) is 0 Å². The highest BCUT2D eigenvalue weighted by atomic mass is 31.2. The van der Waals surface area contributed by atoms with Gasteiger partial charge in [0.1, 0.15) is 36.6 Å². The first-order chi connectivity index (χ1) is 22.5. The van der Waals surface area contributed by atoms with Gasteiger partial charge in [0.05, 0.1) is 25.9 Å². The number of imidazole rings is 2. The van der Waals surface area contributed by atoms with Gasteiger partial charge in [-0.15, -0.1) is 0 Å². The number of nitrogens with two attached hydrogens (primary N) is 2. The number of nitrogen functional groups attached to an aromatic ring is 2. The number of nitrogens with one attached hydrogen (secondary N) is 1. The van der Waals surface area contributed by atoms with E-state index in [2.05, 4.69) is 29.4 Å². The lowest BCUT2D eigenvalue weighted by Crippen LogP contribution is -2.34. The number of aromatic amines is 1. The number of fused-ring (bicyclic) bond motifs is 2. The average Bonchev–Trinajstić information content (AvgIpc) is 3.75. The van der Waals surface area contributed by atoms with E-state index < -0.39 is 101 Å². The number of rotatable bonds is 10. The number of hydrogen-bond acceptors (Lipinski definition) is 19. The number of aliphatic hydroxyl groups excluding tert-OH is 4. The molecule has 28 heteroatoms. The molecule has 9 atom stereocenters. The lowest BCUT2D eigenvalue weighted by molar-refractivity contribution is -0.0516. The van der Waals surface area contributed by atoms with Gasteiger partial charge in [-0.25, -0.2) is 19.1 Å². The van der Waals surface area contributed by atoms with Crippen molar-refractivity contribution in [2.75, 3.05) is 24.7 Å². The monoisotopic (exact) mass is 724 g/mol. The van der Waals surface area contributed by atoms with Crippen LogP contribution in [0.2, 0.25) is 0 Å². The van der Waals surface area contributed by atoms with Crippen molar-refractivity contribution in [3.8, 4) is 0 Å². The van der Waals surface area contributed by atoms with Gasteiger partial charge in [0.25, 0.3) is 5.56 Å². The fourth-order valence-corrected chi connectivity index (χ4v) is 6.11. The predicted octanol–water partition coefficient (Wildman–Crippen LogP) is -5.22. The maximum Gasteiger partial charge on any atom is 0.546 e. The van der Waals surface area contributed by atoms with E-state index in [0.717, 1.165) is 21.8 Å². The number of H-pyrrole nitrogens is 1. The smallest absolute Gasteiger partial charge is 0.387 e. The highest BCUT2D eigenvalue weighted by Crippen LogP contribution is 2.42. The van der Waals surface area contributed by atoms with E-state index in [0.29, 0.717) is 0 Å². The number of hydrogen-bond donors (Lipinski definition) is 10. The molecule has 6 rings (SSSR count). The zero-order chi connectivity index (χ0) is 34.9. The molecule has 262 valence electrons. The van der Waals surface area contributed by atoms with Gasteiger partial charge in [-0.05, 0) is 0 Å². The molecule has 5 unspecified atom stereocenters. The zero-order valence-electron chi connectivity index (χ0n) is 23.7. The first-order valence-corrected chi connectivity index (χ1v) is 16.4. The van der Waals surface area contributed by atoms with Gasteiger partial charge < -0.3 is 55.8 Å². The second kappa shape index (κ2) is 12.2. The Bertz CT molecular complexity index is 2080. The van der Waals surface area contributed by atoms with Crippen LogP contribution in [-0.2, 0) is 27.7 Å². The summed E-state index contributed by atoms with van der Waals surface area (Å²) in [5.41, 5.74) is 8.31. The van der Waals surface area contributed by atoms with Crippen molar-refractivity contribution in [1.29, 1.82) is 0 Å². The van der Waals surface area contributed by atoms with Gasteiger partial charge in [-0.1, -0.05) is 4.73 Å². The van der Waals surface area contributed by atoms with Crippen molar-refractivity contribution >= 4 is 49.9 Å². The third-order valence-corrected chi connectivity index (χ3v) is 8.58. The number of phosphoric ester groups is 2. The van der Waals surface area contributed by atoms with Crippen LogP contribution < -0.4 is 27.2 Å². The molecule has 48 heavy (non-hydrogen) atoms. The summed E-state index contributed by atoms with van der Waals surface area (Å²) in [6, 6.07) is 0. The van der Waals surface area contributed by atoms with Crippen LogP contribution in [-0.4, -0.2) is 124 Å². The maximum atomic E-state index is 13.1. The van der Waals surface area contributed by atoms with E-state index in [4.69, 9.17) is 39.9 Å². The van der Waals surface area contributed by atoms with Crippen molar-refractivity contribution in [2.45, 2.75) is 49.1 Å². The third kappa shape index (κ3) is 6.21. The van der Waals surface area contributed by atoms with E-state index in [1.165, 1.54) is 0 Å². The minimum Gasteiger partial charge on any atom is -0.387 e. The van der Waals surface area contributed by atoms with Crippen molar-refractivity contribution in [1.82, 2.24) is 38.8 Å². The first kappa shape index (κ1) is 34.0. The van der Waals surface area contributed by atoms with Gasteiger partial charge in [0.15, 0.2) is 34.8 Å². The zero-order valence-corrected chi connectivity index (χ0v) is 25.5. The summed E-state index contributed by atoms with van der Waals surface area (Å²) in [5, 5.41) is 41.8. The summed E-state index contributed by atoms with van der Waals surface area (Å²) in [6.45, 7) is -1.71. The second-order valence-corrected chi connectivity index (χ2v) is 13.0. The Balaban J connectivity index is 1.16. The van der Waals surface area contributed by atoms with Gasteiger partial charge in [-0.2, -0.15) is 9.97 Å². The van der Waals surface area contributed by atoms with Gasteiger partial charge in [0.2, 0.25) is 11.9 Å². The second-order valence-electron chi connectivity index (χ2n) is 10.4. The quantitative estimate of drug-likeness (QED) is 0.0683. The van der Waals surface area contributed by atoms with Crippen LogP contribution in [0.25, 0.3) is 22.3 Å². The van der Waals surface area contributed by atoms with Crippen LogP contribution in [0.15, 0.2) is 22.2 Å². The molecule has 4 aromatic rings. The number of nitrogens with zero attached hydrogens (tertiary/aromatic N) is 7. The number of aromatic nitrogens is 8. The lowest BCUT2D eigenvalue weighted by Gasteiger charge is -2.19. The van der Waals surface area contributed by atoms with E-state index in [-0.39, 0.29) is 27.5 Å². The predicted molar refractivity (Wildman–Crippen MR) is 151 cm³/mol. The van der Waals surface area contributed by atoms with Crippen LogP contribution in [0.1, 0.15) is 12.5 Å². The summed E-state index contributed by atoms with van der Waals surface area (Å²) in [5.74, 6) is -1.10. The molecule has 0 bridgehead atoms. The summed E-state index contributed by atoms with van der Waals surface area (Å²) >= 11 is 0. The summed E-state index contributed by atoms with van der Waals surface area (Å²) in [4.78, 5) is 71.1. The molecule has 0 amide bonds. The molecule has 0 radical (unpaired) electrons. The molecule has 0 aromatic carbocycles. The van der Waals surface area contributed by atoms with Gasteiger partial charge in [0, 0.05) is 0 Å². The molecule has 4 aromatic heterocycles. The molecule has 2 aliphatic rings. The lowest BCUT2D eigenvalue weighted by atomic mass is 10.1. The van der Waals surface area contributed by atoms with Gasteiger partial charge in [-0.3, -0.25) is 37.6 Å². The van der Waals surface area contributed by atoms with Crippen molar-refractivity contribution < 1.29 is 67.4 Å². The fourth-order valence-electron chi connectivity index (χ4n) is 5.02. The Kier molecular flexibility index (Phi) is 8.66. The van der Waals surface area contributed by atoms with E-state index in [9.17, 15) is 44.0 Å². The molecule has 6 heterocycles. The topological polar surface area (TPSA) is 390 Å². The largest absolute Gasteiger partial charge is 0.546 e. The van der Waals surface area contributed by atoms with E-state index in [1.807, 2.05) is 0 Å². The number of anilines is 2. The van der Waals surface area contributed by atoms with Crippen molar-refractivity contribution in [3.05, 3.63) is 33.4 Å². The molecule has 26 nitrogen and oxygen atoms in total. The Morgan fingerprint density at radius 2 is 1.33 bits per heavy atom. The van der Waals surface area contributed by atoms with Crippen LogP contribution in [0, 0.1) is 0 Å². The van der Waals surface area contributed by atoms with Crippen LogP contribution in [0.4, 0.5) is 11.9 Å². The molecular weight excluding hydrogens is 698 g/mol. The Morgan fingerprint density at radius 1 is 0.812 bits per heavy atom. The maximum absolute atomic E-state index is 13.1. The average molecular weight is 724 g/mol. The minimum atomic E-state index is -5.27. The Hall–Kier alpha value is -3.88. The summed E-state index contributed by atoms with van der Waals surface area (Å²) in [7, 11) is -10.2. The Morgan fingerprint density at radius 3 is 1.90 bits per heavy atom. The molecule has 12 N–H and O–H groups in total. The van der Waals surface area contributed by atoms with Crippen LogP contribution in [0.5, 0.6) is 0 Å². The summed E-state index contributed by atoms with van der Waals surface area (Å²) in [6.07, 6.45) is -10.6. The molecule has 2 aliphatic heterocycles. The highest BCUT2D eigenvalue weighted by Gasteiger charge is 2.47. The normalized spacial score (nSPS) is 29.1. The number of aliphatic hydroxyl groups is 4. The number of phosphoric acid groups is 2. The minimum absolute atomic E-state index is 0.0761. The fraction of sp³-hybridized carbons (Fsp3) is 0.500. The number of ether oxygens (including phenoxy) is 2. The Labute approximate surface area is 263 Å². The SMILES string of the molecule is Nc1nc2c(ncn2[C@@H]2O[C@H](COP(=O)(O)On3c(N)nc4c(ncn4[C@@H]4O[C@H](COP(=O)(O)O)C(O)C4O)c3=O)C(O)C2O)c(=O)[nH]1. The summed E-state index contributed by atoms with van der Waals surface area (Å²) < 4.78 is 51.0. The first-order valence-electron chi connectivity index (χ1n) is 13.3. The van der Waals surface area contributed by atoms with E-state index in [1.54, 1.807) is 0 Å². The van der Waals surface area contributed by atoms with Gasteiger partial charge >= 0.3 is 21.2 Å². The molecule has 2 saturated heterocycles. The molecule has 0 aliphatic carbocycles. The van der Waals surface area contributed by atoms with Crippen LogP contribution in [0.3, 0.4) is 0 Å².